The quantitative estimate of drug-likeness (QED) is 0.165. The second kappa shape index (κ2) is 11.2. The zero-order chi connectivity index (χ0) is 25.5. The Hall–Kier alpha value is -4.67. The second-order valence-corrected chi connectivity index (χ2v) is 8.30. The lowest BCUT2D eigenvalue weighted by Gasteiger charge is -2.08. The molecule has 4 N–H and O–H groups in total. The molecule has 0 aliphatic carbocycles. The molecule has 0 atom stereocenters. The average molecular weight is 489 g/mol. The fourth-order valence-corrected chi connectivity index (χ4v) is 3.82. The van der Waals surface area contributed by atoms with Gasteiger partial charge in [0, 0.05) is 49.5 Å². The topological polar surface area (TPSA) is 146 Å². The van der Waals surface area contributed by atoms with Gasteiger partial charge in [-0.05, 0) is 30.0 Å². The Bertz CT molecular complexity index is 1330. The van der Waals surface area contributed by atoms with Gasteiger partial charge >= 0.3 is 5.69 Å². The van der Waals surface area contributed by atoms with Crippen LogP contribution in [0, 0.1) is 10.1 Å². The van der Waals surface area contributed by atoms with Crippen molar-refractivity contribution in [1.82, 2.24) is 19.1 Å². The maximum Gasteiger partial charge on any atom is 0.311 e. The highest BCUT2D eigenvalue weighted by Crippen LogP contribution is 2.30. The van der Waals surface area contributed by atoms with Crippen LogP contribution >= 0.6 is 0 Å². The third kappa shape index (κ3) is 6.06. The largest absolute Gasteiger partial charge is 0.378 e. The van der Waals surface area contributed by atoms with E-state index in [1.807, 2.05) is 17.0 Å². The highest BCUT2D eigenvalue weighted by atomic mass is 16.6. The molecule has 0 fully saturated rings. The molecule has 0 radical (unpaired) electrons. The molecule has 0 saturated carbocycles. The Balaban J connectivity index is 1.43. The van der Waals surface area contributed by atoms with Crippen molar-refractivity contribution in [3.8, 4) is 11.1 Å². The monoisotopic (exact) mass is 488 g/mol. The number of nitrogen functional groups attached to an aromatic ring is 1. The second-order valence-electron chi connectivity index (χ2n) is 8.30. The van der Waals surface area contributed by atoms with Gasteiger partial charge in [-0.25, -0.2) is 9.97 Å². The summed E-state index contributed by atoms with van der Waals surface area (Å²) in [6.45, 7) is 3.56. The number of carbonyl (C=O) groups is 1. The molecule has 0 aliphatic rings. The van der Waals surface area contributed by atoms with Gasteiger partial charge in [0.2, 0.25) is 11.7 Å². The normalized spacial score (nSPS) is 10.8. The minimum atomic E-state index is -0.558. The molecule has 11 nitrogen and oxygen atoms in total. The number of imidazole rings is 1. The summed E-state index contributed by atoms with van der Waals surface area (Å²) in [4.78, 5) is 31.0. The smallest absolute Gasteiger partial charge is 0.311 e. The third-order valence-electron chi connectivity index (χ3n) is 5.71. The Morgan fingerprint density at radius 3 is 2.61 bits per heavy atom. The molecule has 0 bridgehead atoms. The van der Waals surface area contributed by atoms with E-state index >= 15 is 0 Å². The number of carbonyl (C=O) groups excluding carboxylic acids is 1. The predicted octanol–water partition coefficient (Wildman–Crippen LogP) is 3.94. The predicted molar refractivity (Wildman–Crippen MR) is 139 cm³/mol. The number of hydrogen-bond donors (Lipinski definition) is 3. The van der Waals surface area contributed by atoms with E-state index < -0.39 is 4.92 Å². The Kier molecular flexibility index (Phi) is 7.59. The van der Waals surface area contributed by atoms with Crippen LogP contribution in [0.5, 0.6) is 0 Å². The van der Waals surface area contributed by atoms with Crippen molar-refractivity contribution in [2.75, 3.05) is 22.9 Å². The van der Waals surface area contributed by atoms with Gasteiger partial charge in [0.25, 0.3) is 0 Å². The molecular formula is C25H28N8O3. The lowest BCUT2D eigenvalue weighted by Crippen LogP contribution is -2.18. The van der Waals surface area contributed by atoms with E-state index in [9.17, 15) is 14.9 Å². The standard InChI is InChI=1S/C25H28N8O3/c1-2-18-4-6-19(7-5-18)20-14-31(15-21(20)29-24(34)16-32-13-11-27-17-32)12-3-10-28-23-9-8-22(33(35)36)25(26)30-23/h4-9,11,13-15,17H,2-3,10,12,16H2,1H3,(H,29,34)(H3,26,28,30). The average Bonchev–Trinajstić information content (AvgIpc) is 3.51. The van der Waals surface area contributed by atoms with Crippen molar-refractivity contribution in [3.63, 3.8) is 0 Å². The van der Waals surface area contributed by atoms with E-state index in [1.165, 1.54) is 17.7 Å². The van der Waals surface area contributed by atoms with E-state index in [2.05, 4.69) is 51.8 Å². The molecule has 1 amide bonds. The summed E-state index contributed by atoms with van der Waals surface area (Å²) in [5.41, 5.74) is 9.39. The van der Waals surface area contributed by atoms with Gasteiger partial charge in [0.1, 0.15) is 12.4 Å². The highest BCUT2D eigenvalue weighted by Gasteiger charge is 2.14. The van der Waals surface area contributed by atoms with Crippen LogP contribution in [-0.4, -0.2) is 36.5 Å². The molecule has 4 aromatic rings. The van der Waals surface area contributed by atoms with Crippen LogP contribution in [0.4, 0.5) is 23.0 Å². The van der Waals surface area contributed by atoms with Crippen molar-refractivity contribution < 1.29 is 9.72 Å². The number of aromatic nitrogens is 4. The van der Waals surface area contributed by atoms with Crippen molar-refractivity contribution in [2.24, 2.45) is 0 Å². The van der Waals surface area contributed by atoms with Gasteiger partial charge in [0.05, 0.1) is 16.9 Å². The van der Waals surface area contributed by atoms with Crippen LogP contribution < -0.4 is 16.4 Å². The SMILES string of the molecule is CCc1ccc(-c2cn(CCCNc3ccc([N+](=O)[O-])c(N)n3)cc2NC(=O)Cn2ccnc2)cc1. The van der Waals surface area contributed by atoms with Gasteiger partial charge in [-0.2, -0.15) is 0 Å². The minimum Gasteiger partial charge on any atom is -0.378 e. The molecule has 3 aromatic heterocycles. The number of anilines is 3. The van der Waals surface area contributed by atoms with Crippen molar-refractivity contribution in [2.45, 2.75) is 32.9 Å². The number of aryl methyl sites for hydroxylation is 2. The molecule has 3 heterocycles. The first-order valence-electron chi connectivity index (χ1n) is 11.6. The molecule has 0 unspecified atom stereocenters. The number of nitro groups is 1. The Labute approximate surface area is 208 Å². The van der Waals surface area contributed by atoms with Gasteiger partial charge in [0.15, 0.2) is 0 Å². The summed E-state index contributed by atoms with van der Waals surface area (Å²) in [5.74, 6) is 0.223. The van der Waals surface area contributed by atoms with E-state index in [0.29, 0.717) is 18.9 Å². The number of nitrogens with one attached hydrogen (secondary N) is 2. The van der Waals surface area contributed by atoms with Crippen molar-refractivity contribution in [1.29, 1.82) is 0 Å². The fraction of sp³-hybridized carbons (Fsp3) is 0.240. The maximum absolute atomic E-state index is 12.6. The molecule has 186 valence electrons. The number of nitrogens with two attached hydrogens (primary N) is 1. The van der Waals surface area contributed by atoms with E-state index in [-0.39, 0.29) is 24.0 Å². The summed E-state index contributed by atoms with van der Waals surface area (Å²) in [6.07, 6.45) is 10.7. The number of rotatable bonds is 11. The van der Waals surface area contributed by atoms with Gasteiger partial charge in [-0.3, -0.25) is 14.9 Å². The molecule has 36 heavy (non-hydrogen) atoms. The van der Waals surface area contributed by atoms with Crippen LogP contribution in [0.15, 0.2) is 67.5 Å². The zero-order valence-corrected chi connectivity index (χ0v) is 19.9. The summed E-state index contributed by atoms with van der Waals surface area (Å²) in [7, 11) is 0. The third-order valence-corrected chi connectivity index (χ3v) is 5.71. The highest BCUT2D eigenvalue weighted by molar-refractivity contribution is 5.95. The first kappa shape index (κ1) is 24.5. The van der Waals surface area contributed by atoms with E-state index in [0.717, 1.165) is 29.7 Å². The van der Waals surface area contributed by atoms with Gasteiger partial charge < -0.3 is 25.5 Å². The molecule has 11 heteroatoms. The molecular weight excluding hydrogens is 460 g/mol. The summed E-state index contributed by atoms with van der Waals surface area (Å²) in [5, 5.41) is 17.1. The molecule has 0 saturated heterocycles. The Morgan fingerprint density at radius 2 is 1.94 bits per heavy atom. The molecule has 0 aliphatic heterocycles. The van der Waals surface area contributed by atoms with Crippen molar-refractivity contribution >= 4 is 28.9 Å². The Morgan fingerprint density at radius 1 is 1.14 bits per heavy atom. The van der Waals surface area contributed by atoms with Crippen molar-refractivity contribution in [3.05, 3.63) is 83.2 Å². The molecule has 0 spiro atoms. The molecule has 4 rings (SSSR count). The minimum absolute atomic E-state index is 0.120. The van der Waals surface area contributed by atoms with E-state index in [4.69, 9.17) is 5.73 Å². The molecule has 1 aromatic carbocycles. The van der Waals surface area contributed by atoms with E-state index in [1.54, 1.807) is 23.3 Å². The van der Waals surface area contributed by atoms with Crippen LogP contribution in [0.25, 0.3) is 11.1 Å². The van der Waals surface area contributed by atoms with Crippen LogP contribution in [0.2, 0.25) is 0 Å². The van der Waals surface area contributed by atoms with Gasteiger partial charge in [-0.1, -0.05) is 31.2 Å². The summed E-state index contributed by atoms with van der Waals surface area (Å²) in [6, 6.07) is 11.2. The van der Waals surface area contributed by atoms with Crippen LogP contribution in [-0.2, 0) is 24.3 Å². The summed E-state index contributed by atoms with van der Waals surface area (Å²) >= 11 is 0. The van der Waals surface area contributed by atoms with Crippen LogP contribution in [0.1, 0.15) is 18.9 Å². The van der Waals surface area contributed by atoms with Crippen LogP contribution in [0.3, 0.4) is 0 Å². The number of hydrogen-bond acceptors (Lipinski definition) is 7. The lowest BCUT2D eigenvalue weighted by molar-refractivity contribution is -0.384. The fourth-order valence-electron chi connectivity index (χ4n) is 3.82. The first-order valence-corrected chi connectivity index (χ1v) is 11.6. The zero-order valence-electron chi connectivity index (χ0n) is 19.9. The van der Waals surface area contributed by atoms with Gasteiger partial charge in [-0.15, -0.1) is 0 Å². The lowest BCUT2D eigenvalue weighted by atomic mass is 10.0. The number of benzene rings is 1. The first-order chi connectivity index (χ1) is 17.4. The number of nitrogens with zero attached hydrogens (tertiary/aromatic N) is 5. The number of amides is 1. The maximum atomic E-state index is 12.6. The summed E-state index contributed by atoms with van der Waals surface area (Å²) < 4.78 is 3.75. The number of pyridine rings is 1.